The van der Waals surface area contributed by atoms with Crippen molar-refractivity contribution in [3.8, 4) is 11.5 Å². The molecule has 7 heteroatoms. The molecule has 3 rings (SSSR count). The van der Waals surface area contributed by atoms with Gasteiger partial charge in [0.2, 0.25) is 0 Å². The first kappa shape index (κ1) is 19.5. The van der Waals surface area contributed by atoms with Gasteiger partial charge in [0.05, 0.1) is 33.0 Å². The van der Waals surface area contributed by atoms with Crippen molar-refractivity contribution in [2.45, 2.75) is 39.2 Å². The summed E-state index contributed by atoms with van der Waals surface area (Å²) in [6, 6.07) is 3.91. The highest BCUT2D eigenvalue weighted by atomic mass is 16.5. The van der Waals surface area contributed by atoms with Gasteiger partial charge in [-0.1, -0.05) is 13.8 Å². The summed E-state index contributed by atoms with van der Waals surface area (Å²) in [4.78, 5) is 12.8. The number of hydrogen-bond acceptors (Lipinski definition) is 4. The second kappa shape index (κ2) is 8.17. The lowest BCUT2D eigenvalue weighted by Crippen LogP contribution is -3.15. The van der Waals surface area contributed by atoms with Crippen LogP contribution in [0.3, 0.4) is 0 Å². The Hall–Kier alpha value is -2.28. The van der Waals surface area contributed by atoms with Crippen LogP contribution in [0, 0.1) is 11.8 Å². The van der Waals surface area contributed by atoms with Gasteiger partial charge in [-0.25, -0.2) is 10.2 Å². The van der Waals surface area contributed by atoms with Crippen LogP contribution in [-0.2, 0) is 6.42 Å². The number of nitrogens with one attached hydrogen (secondary N) is 2. The second-order valence-corrected chi connectivity index (χ2v) is 7.93. The number of primary amides is 1. The minimum atomic E-state index is -0.615. The third kappa shape index (κ3) is 4.18. The van der Waals surface area contributed by atoms with Crippen LogP contribution < -0.4 is 25.5 Å². The first-order valence-electron chi connectivity index (χ1n) is 9.64. The number of benzene rings is 1. The van der Waals surface area contributed by atoms with Gasteiger partial charge in [0.15, 0.2) is 11.5 Å². The second-order valence-electron chi connectivity index (χ2n) is 7.93. The quantitative estimate of drug-likeness (QED) is 0.677. The fourth-order valence-corrected chi connectivity index (χ4v) is 4.53. The number of amides is 2. The fraction of sp³-hybridized carbons (Fsp3) is 0.600. The minimum Gasteiger partial charge on any atom is -0.493 e. The molecule has 1 aromatic rings. The van der Waals surface area contributed by atoms with Gasteiger partial charge in [0.25, 0.3) is 0 Å². The Morgan fingerprint density at radius 2 is 2.04 bits per heavy atom. The highest BCUT2D eigenvalue weighted by Crippen LogP contribution is 2.36. The molecule has 1 unspecified atom stereocenters. The number of quaternary nitrogens is 1. The van der Waals surface area contributed by atoms with Gasteiger partial charge in [-0.2, -0.15) is 5.10 Å². The molecule has 148 valence electrons. The predicted molar refractivity (Wildman–Crippen MR) is 104 cm³/mol. The van der Waals surface area contributed by atoms with Crippen molar-refractivity contribution in [3.63, 3.8) is 0 Å². The van der Waals surface area contributed by atoms with E-state index in [1.54, 1.807) is 19.1 Å². The fourth-order valence-electron chi connectivity index (χ4n) is 4.53. The Balaban J connectivity index is 1.93. The maximum atomic E-state index is 11.2. The van der Waals surface area contributed by atoms with E-state index < -0.39 is 6.03 Å². The average molecular weight is 375 g/mol. The van der Waals surface area contributed by atoms with Crippen molar-refractivity contribution in [1.82, 2.24) is 5.43 Å². The number of carbonyl (C=O) groups excluding carboxylic acids is 1. The number of fused-ring (bicyclic) bond motifs is 3. The monoisotopic (exact) mass is 375 g/mol. The van der Waals surface area contributed by atoms with Crippen molar-refractivity contribution in [2.24, 2.45) is 22.7 Å². The van der Waals surface area contributed by atoms with E-state index >= 15 is 0 Å². The molecule has 2 aliphatic heterocycles. The van der Waals surface area contributed by atoms with E-state index in [1.807, 2.05) is 0 Å². The Morgan fingerprint density at radius 1 is 1.33 bits per heavy atom. The van der Waals surface area contributed by atoms with Crippen molar-refractivity contribution >= 4 is 11.7 Å². The molecule has 0 radical (unpaired) electrons. The van der Waals surface area contributed by atoms with E-state index in [9.17, 15) is 4.79 Å². The lowest BCUT2D eigenvalue weighted by atomic mass is 9.79. The molecule has 2 amide bonds. The topological polar surface area (TPSA) is 90.4 Å². The van der Waals surface area contributed by atoms with Crippen LogP contribution in [0.2, 0.25) is 0 Å². The summed E-state index contributed by atoms with van der Waals surface area (Å²) < 4.78 is 11.0. The summed E-state index contributed by atoms with van der Waals surface area (Å²) in [5.41, 5.74) is 11.3. The molecule has 0 aliphatic carbocycles. The zero-order valence-corrected chi connectivity index (χ0v) is 16.7. The van der Waals surface area contributed by atoms with Gasteiger partial charge in [-0.3, -0.25) is 0 Å². The first-order chi connectivity index (χ1) is 12.9. The Bertz CT molecular complexity index is 732. The van der Waals surface area contributed by atoms with E-state index in [-0.39, 0.29) is 0 Å². The van der Waals surface area contributed by atoms with Crippen LogP contribution in [0.1, 0.15) is 43.9 Å². The maximum absolute atomic E-state index is 11.2. The van der Waals surface area contributed by atoms with Crippen LogP contribution in [0.4, 0.5) is 4.79 Å². The molecule has 0 saturated carbocycles. The SMILES string of the molecule is COc1cc2c(cc1OC)[C@@H]1CC(=NNC(N)=O)[C@@H](CC(C)C)C[NH+]1CC2. The summed E-state index contributed by atoms with van der Waals surface area (Å²) in [7, 11) is 3.34. The molecule has 0 aromatic heterocycles. The molecular formula is C20H31N4O3+. The average Bonchev–Trinajstić information content (AvgIpc) is 2.64. The third-order valence-corrected chi connectivity index (χ3v) is 5.69. The van der Waals surface area contributed by atoms with E-state index in [4.69, 9.17) is 15.2 Å². The number of rotatable bonds is 5. The van der Waals surface area contributed by atoms with Crippen molar-refractivity contribution in [1.29, 1.82) is 0 Å². The largest absolute Gasteiger partial charge is 0.493 e. The third-order valence-electron chi connectivity index (χ3n) is 5.69. The summed E-state index contributed by atoms with van der Waals surface area (Å²) in [5.74, 6) is 2.48. The number of nitrogens with two attached hydrogens (primary N) is 1. The Labute approximate surface area is 160 Å². The minimum absolute atomic E-state index is 0.311. The Morgan fingerprint density at radius 3 is 2.67 bits per heavy atom. The van der Waals surface area contributed by atoms with Gasteiger partial charge >= 0.3 is 6.03 Å². The molecule has 2 heterocycles. The molecule has 0 bridgehead atoms. The number of carbonyl (C=O) groups is 1. The number of ether oxygens (including phenoxy) is 2. The van der Waals surface area contributed by atoms with E-state index in [0.717, 1.165) is 49.6 Å². The highest BCUT2D eigenvalue weighted by Gasteiger charge is 2.41. The summed E-state index contributed by atoms with van der Waals surface area (Å²) in [6.45, 7) is 6.57. The zero-order chi connectivity index (χ0) is 19.6. The van der Waals surface area contributed by atoms with Crippen LogP contribution in [0.15, 0.2) is 17.2 Å². The molecule has 2 aliphatic rings. The molecule has 3 atom stereocenters. The number of methoxy groups -OCH3 is 2. The van der Waals surface area contributed by atoms with Crippen LogP contribution in [0.25, 0.3) is 0 Å². The molecule has 1 fully saturated rings. The van der Waals surface area contributed by atoms with Crippen LogP contribution in [-0.4, -0.2) is 39.1 Å². The smallest absolute Gasteiger partial charge is 0.332 e. The van der Waals surface area contributed by atoms with Crippen molar-refractivity contribution in [3.05, 3.63) is 23.3 Å². The standard InChI is InChI=1S/C20H30N4O3/c1-12(2)7-14-11-24-6-5-13-8-18(26-3)19(27-4)9-15(13)17(24)10-16(14)22-23-20(21)25/h8-9,12,14,17H,5-7,10-11H2,1-4H3,(H3,21,23,25)/p+1/t14-,17-/m0/s1. The molecule has 0 spiro atoms. The van der Waals surface area contributed by atoms with E-state index in [1.165, 1.54) is 11.1 Å². The normalized spacial score (nSPS) is 25.7. The molecule has 7 nitrogen and oxygen atoms in total. The lowest BCUT2D eigenvalue weighted by molar-refractivity contribution is -0.938. The van der Waals surface area contributed by atoms with Gasteiger partial charge in [-0.15, -0.1) is 0 Å². The molecular weight excluding hydrogens is 344 g/mol. The summed E-state index contributed by atoms with van der Waals surface area (Å²) >= 11 is 0. The molecule has 4 N–H and O–H groups in total. The summed E-state index contributed by atoms with van der Waals surface area (Å²) in [6.07, 6.45) is 2.91. The summed E-state index contributed by atoms with van der Waals surface area (Å²) in [5, 5.41) is 4.38. The van der Waals surface area contributed by atoms with Crippen molar-refractivity contribution < 1.29 is 19.2 Å². The maximum Gasteiger partial charge on any atom is 0.332 e. The van der Waals surface area contributed by atoms with Crippen molar-refractivity contribution in [2.75, 3.05) is 27.3 Å². The van der Waals surface area contributed by atoms with E-state index in [2.05, 4.69) is 36.5 Å². The number of piperidine rings is 1. The first-order valence-corrected chi connectivity index (χ1v) is 9.64. The zero-order valence-electron chi connectivity index (χ0n) is 16.7. The van der Waals surface area contributed by atoms with E-state index in [0.29, 0.717) is 17.9 Å². The van der Waals surface area contributed by atoms with Gasteiger partial charge in [0.1, 0.15) is 6.04 Å². The van der Waals surface area contributed by atoms with Crippen LogP contribution in [0.5, 0.6) is 11.5 Å². The molecule has 27 heavy (non-hydrogen) atoms. The molecule has 1 aromatic carbocycles. The lowest BCUT2D eigenvalue weighted by Gasteiger charge is -2.41. The van der Waals surface area contributed by atoms with Gasteiger partial charge in [0, 0.05) is 24.3 Å². The number of hydrazone groups is 1. The van der Waals surface area contributed by atoms with Gasteiger partial charge < -0.3 is 20.1 Å². The predicted octanol–water partition coefficient (Wildman–Crippen LogP) is 1.28. The molecule has 1 saturated heterocycles. The number of urea groups is 1. The Kier molecular flexibility index (Phi) is 5.89. The van der Waals surface area contributed by atoms with Gasteiger partial charge in [-0.05, 0) is 30.0 Å². The highest BCUT2D eigenvalue weighted by molar-refractivity contribution is 5.89. The van der Waals surface area contributed by atoms with Crippen LogP contribution >= 0.6 is 0 Å². The number of nitrogens with zero attached hydrogens (tertiary/aromatic N) is 1. The number of hydrogen-bond donors (Lipinski definition) is 3.